The molecule has 1 heterocycles. The van der Waals surface area contributed by atoms with Gasteiger partial charge in [0.1, 0.15) is 5.75 Å². The molecular weight excluding hydrogens is 501 g/mol. The van der Waals surface area contributed by atoms with E-state index in [2.05, 4.69) is 4.90 Å². The Labute approximate surface area is 216 Å². The van der Waals surface area contributed by atoms with E-state index in [-0.39, 0.29) is 23.1 Å². The monoisotopic (exact) mass is 526 g/mol. The number of hydrogen-bond donors (Lipinski definition) is 0. The van der Waals surface area contributed by atoms with E-state index in [1.165, 1.54) is 6.07 Å². The third-order valence-electron chi connectivity index (χ3n) is 7.30. The lowest BCUT2D eigenvalue weighted by Gasteiger charge is -2.43. The van der Waals surface area contributed by atoms with Gasteiger partial charge in [0.05, 0.1) is 10.5 Å². The second-order valence-corrected chi connectivity index (χ2v) is 9.56. The normalized spacial score (nSPS) is 18.5. The number of carbonyl (C=O) groups excluding carboxylic acids is 2. The predicted molar refractivity (Wildman–Crippen MR) is 132 cm³/mol. The summed E-state index contributed by atoms with van der Waals surface area (Å²) in [5.41, 5.74) is 1.73. The van der Waals surface area contributed by atoms with Crippen molar-refractivity contribution in [1.82, 2.24) is 4.90 Å². The van der Waals surface area contributed by atoms with Gasteiger partial charge in [0.2, 0.25) is 5.75 Å². The van der Waals surface area contributed by atoms with Gasteiger partial charge in [-0.15, -0.1) is 0 Å². The van der Waals surface area contributed by atoms with Crippen molar-refractivity contribution < 1.29 is 32.4 Å². The Morgan fingerprint density at radius 3 is 2.16 bits per heavy atom. The number of ketones is 2. The number of halogens is 3. The molecule has 0 saturated heterocycles. The minimum Gasteiger partial charge on any atom is -0.450 e. The molecule has 0 spiro atoms. The van der Waals surface area contributed by atoms with Crippen LogP contribution in [0.15, 0.2) is 65.0 Å². The zero-order valence-electron chi connectivity index (χ0n) is 20.6. The largest absolute Gasteiger partial charge is 0.450 e. The van der Waals surface area contributed by atoms with Crippen LogP contribution in [0.4, 0.5) is 18.9 Å². The van der Waals surface area contributed by atoms with Gasteiger partial charge in [-0.3, -0.25) is 19.7 Å². The third-order valence-corrected chi connectivity index (χ3v) is 7.30. The topological polar surface area (TPSA) is 89.8 Å². The fourth-order valence-corrected chi connectivity index (χ4v) is 5.74. The van der Waals surface area contributed by atoms with Crippen molar-refractivity contribution in [3.8, 4) is 11.5 Å². The summed E-state index contributed by atoms with van der Waals surface area (Å²) in [5, 5.41) is 11.5. The molecule has 5 rings (SSSR count). The van der Waals surface area contributed by atoms with E-state index < -0.39 is 28.3 Å². The van der Waals surface area contributed by atoms with Crippen LogP contribution in [0.3, 0.4) is 0 Å². The number of nitro benzene ring substituents is 1. The summed E-state index contributed by atoms with van der Waals surface area (Å²) in [6.07, 6.45) is -1.05. The van der Waals surface area contributed by atoms with Crippen LogP contribution >= 0.6 is 0 Å². The van der Waals surface area contributed by atoms with Crippen LogP contribution < -0.4 is 4.74 Å². The zero-order valence-corrected chi connectivity index (χ0v) is 20.6. The van der Waals surface area contributed by atoms with E-state index in [1.807, 2.05) is 6.92 Å². The predicted octanol–water partition coefficient (Wildman–Crippen LogP) is 6.84. The van der Waals surface area contributed by atoms with Crippen molar-refractivity contribution >= 4 is 17.3 Å². The fourth-order valence-electron chi connectivity index (χ4n) is 5.74. The average Bonchev–Trinajstić information content (AvgIpc) is 2.87. The molecule has 0 bridgehead atoms. The number of benzene rings is 2. The SMILES string of the molecule is CCN1C2=C(C(=O)CCC2)C(c2cccc(Oc3ccc(C(F)(F)F)cc3[N+](=O)[O-])c2)C2=C1CCCC2=O. The van der Waals surface area contributed by atoms with Gasteiger partial charge in [-0.05, 0) is 62.4 Å². The van der Waals surface area contributed by atoms with Crippen LogP contribution in [0.2, 0.25) is 0 Å². The molecule has 0 unspecified atom stereocenters. The Morgan fingerprint density at radius 1 is 0.974 bits per heavy atom. The summed E-state index contributed by atoms with van der Waals surface area (Å²) < 4.78 is 45.0. The fraction of sp³-hybridized carbons (Fsp3) is 0.357. The molecule has 10 heteroatoms. The Hall–Kier alpha value is -3.95. The van der Waals surface area contributed by atoms with Gasteiger partial charge in [0.15, 0.2) is 11.6 Å². The van der Waals surface area contributed by atoms with Crippen LogP contribution in [0.25, 0.3) is 0 Å². The second kappa shape index (κ2) is 9.74. The molecule has 0 radical (unpaired) electrons. The molecule has 0 aromatic heterocycles. The number of ether oxygens (including phenoxy) is 1. The van der Waals surface area contributed by atoms with Gasteiger partial charge in [0, 0.05) is 53.9 Å². The highest BCUT2D eigenvalue weighted by Gasteiger charge is 2.43. The number of nitrogens with zero attached hydrogens (tertiary/aromatic N) is 2. The van der Waals surface area contributed by atoms with Crippen LogP contribution in [0, 0.1) is 10.1 Å². The summed E-state index contributed by atoms with van der Waals surface area (Å²) in [6.45, 7) is 2.64. The van der Waals surface area contributed by atoms with Gasteiger partial charge >= 0.3 is 11.9 Å². The lowest BCUT2D eigenvalue weighted by atomic mass is 9.71. The molecule has 0 saturated carbocycles. The van der Waals surface area contributed by atoms with Crippen molar-refractivity contribution in [3.05, 3.63) is 86.2 Å². The molecule has 38 heavy (non-hydrogen) atoms. The first-order valence-corrected chi connectivity index (χ1v) is 12.5. The highest BCUT2D eigenvalue weighted by Crippen LogP contribution is 2.49. The van der Waals surface area contributed by atoms with Crippen molar-refractivity contribution in [1.29, 1.82) is 0 Å². The second-order valence-electron chi connectivity index (χ2n) is 9.56. The summed E-state index contributed by atoms with van der Waals surface area (Å²) in [4.78, 5) is 39.2. The molecule has 198 valence electrons. The maximum atomic E-state index is 13.2. The van der Waals surface area contributed by atoms with Crippen LogP contribution in [0.1, 0.15) is 62.5 Å². The van der Waals surface area contributed by atoms with E-state index in [9.17, 15) is 32.9 Å². The lowest BCUT2D eigenvalue weighted by Crippen LogP contribution is -2.39. The molecule has 2 aromatic rings. The molecular formula is C28H25F3N2O5. The van der Waals surface area contributed by atoms with Gasteiger partial charge < -0.3 is 9.64 Å². The summed E-state index contributed by atoms with van der Waals surface area (Å²) in [5.74, 6) is -0.800. The van der Waals surface area contributed by atoms with Crippen LogP contribution in [0.5, 0.6) is 11.5 Å². The number of Topliss-reactive ketones (excluding diaryl/α,β-unsaturated/α-hetero) is 2. The third kappa shape index (κ3) is 4.48. The van der Waals surface area contributed by atoms with Crippen molar-refractivity contribution in [3.63, 3.8) is 0 Å². The Bertz CT molecular complexity index is 1370. The first-order valence-electron chi connectivity index (χ1n) is 12.5. The highest BCUT2D eigenvalue weighted by atomic mass is 19.4. The molecule has 0 amide bonds. The minimum atomic E-state index is -4.74. The lowest BCUT2D eigenvalue weighted by molar-refractivity contribution is -0.385. The number of carbonyl (C=O) groups is 2. The maximum absolute atomic E-state index is 13.2. The van der Waals surface area contributed by atoms with E-state index in [4.69, 9.17) is 4.74 Å². The Balaban J connectivity index is 1.59. The van der Waals surface area contributed by atoms with Crippen molar-refractivity contribution in [2.45, 2.75) is 57.5 Å². The van der Waals surface area contributed by atoms with E-state index >= 15 is 0 Å². The smallest absolute Gasteiger partial charge is 0.416 e. The maximum Gasteiger partial charge on any atom is 0.416 e. The highest BCUT2D eigenvalue weighted by molar-refractivity contribution is 6.06. The van der Waals surface area contributed by atoms with Gasteiger partial charge in [0.25, 0.3) is 0 Å². The van der Waals surface area contributed by atoms with E-state index in [1.54, 1.807) is 18.2 Å². The number of hydrogen-bond acceptors (Lipinski definition) is 6. The summed E-state index contributed by atoms with van der Waals surface area (Å²) in [7, 11) is 0. The molecule has 0 atom stereocenters. The number of alkyl halides is 3. The van der Waals surface area contributed by atoms with E-state index in [0.29, 0.717) is 42.2 Å². The summed E-state index contributed by atoms with van der Waals surface area (Å²) >= 11 is 0. The van der Waals surface area contributed by atoms with Gasteiger partial charge in [-0.25, -0.2) is 0 Å². The Kier molecular flexibility index (Phi) is 6.58. The first-order chi connectivity index (χ1) is 18.1. The van der Waals surface area contributed by atoms with Crippen LogP contribution in [-0.4, -0.2) is 27.9 Å². The number of rotatable bonds is 5. The van der Waals surface area contributed by atoms with Crippen LogP contribution in [-0.2, 0) is 15.8 Å². The number of allylic oxidation sites excluding steroid dienone is 4. The molecule has 2 aliphatic carbocycles. The Morgan fingerprint density at radius 2 is 1.61 bits per heavy atom. The molecule has 1 aliphatic heterocycles. The quantitative estimate of drug-likeness (QED) is 0.313. The molecule has 0 N–H and O–H groups in total. The zero-order chi connectivity index (χ0) is 27.2. The molecule has 3 aliphatic rings. The average molecular weight is 527 g/mol. The molecule has 2 aromatic carbocycles. The minimum absolute atomic E-state index is 0.00989. The van der Waals surface area contributed by atoms with Gasteiger partial charge in [-0.2, -0.15) is 13.2 Å². The summed E-state index contributed by atoms with van der Waals surface area (Å²) in [6, 6.07) is 8.64. The number of nitro groups is 1. The van der Waals surface area contributed by atoms with Crippen molar-refractivity contribution in [2.75, 3.05) is 6.54 Å². The van der Waals surface area contributed by atoms with Gasteiger partial charge in [-0.1, -0.05) is 12.1 Å². The standard InChI is InChI=1S/C28H25F3N2O5/c1-2-32-19-8-4-10-22(34)26(19)25(27-20(32)9-5-11-23(27)35)16-6-3-7-18(14-16)38-24-13-12-17(28(29,30)31)15-21(24)33(36)37/h3,6-7,12-15,25H,2,4-5,8-11H2,1H3. The van der Waals surface area contributed by atoms with Crippen molar-refractivity contribution in [2.24, 2.45) is 0 Å². The molecule has 0 fully saturated rings. The first kappa shape index (κ1) is 25.7. The molecule has 7 nitrogen and oxygen atoms in total. The van der Waals surface area contributed by atoms with E-state index in [0.717, 1.165) is 49.2 Å².